The van der Waals surface area contributed by atoms with Crippen molar-refractivity contribution in [1.29, 1.82) is 0 Å². The largest absolute Gasteiger partial charge is 0.314 e. The van der Waals surface area contributed by atoms with Crippen LogP contribution < -0.4 is 5.32 Å². The molecule has 1 aromatic heterocycles. The molecule has 0 amide bonds. The van der Waals surface area contributed by atoms with Gasteiger partial charge in [0.25, 0.3) is 5.69 Å². The number of nitro benzene ring substituents is 1. The van der Waals surface area contributed by atoms with Crippen molar-refractivity contribution in [1.82, 2.24) is 15.1 Å². The first-order valence-corrected chi connectivity index (χ1v) is 5.14. The van der Waals surface area contributed by atoms with E-state index in [9.17, 15) is 10.1 Å². The molecule has 0 radical (unpaired) electrons. The second-order valence-corrected chi connectivity index (χ2v) is 3.56. The standard InChI is InChI=1S/C11H12N4O2/c1-12-8-9-5-6-14(13-9)10-3-2-4-11(7-10)15(16)17/h2-7,12H,8H2,1H3. The maximum atomic E-state index is 10.7. The monoisotopic (exact) mass is 232 g/mol. The van der Waals surface area contributed by atoms with Crippen molar-refractivity contribution in [3.8, 4) is 5.69 Å². The lowest BCUT2D eigenvalue weighted by Gasteiger charge is -2.00. The van der Waals surface area contributed by atoms with Crippen LogP contribution in [-0.4, -0.2) is 21.8 Å². The molecule has 0 saturated heterocycles. The van der Waals surface area contributed by atoms with E-state index in [1.165, 1.54) is 12.1 Å². The summed E-state index contributed by atoms with van der Waals surface area (Å²) in [5, 5.41) is 18.0. The molecular weight excluding hydrogens is 220 g/mol. The Morgan fingerprint density at radius 2 is 2.29 bits per heavy atom. The predicted octanol–water partition coefficient (Wildman–Crippen LogP) is 1.50. The summed E-state index contributed by atoms with van der Waals surface area (Å²) >= 11 is 0. The van der Waals surface area contributed by atoms with E-state index < -0.39 is 4.92 Å². The zero-order valence-electron chi connectivity index (χ0n) is 9.33. The first-order valence-electron chi connectivity index (χ1n) is 5.14. The van der Waals surface area contributed by atoms with E-state index in [0.717, 1.165) is 5.69 Å². The minimum absolute atomic E-state index is 0.0631. The molecule has 1 N–H and O–H groups in total. The molecule has 2 rings (SSSR count). The molecule has 0 bridgehead atoms. The van der Waals surface area contributed by atoms with E-state index in [1.807, 2.05) is 13.1 Å². The van der Waals surface area contributed by atoms with Crippen molar-refractivity contribution in [3.05, 3.63) is 52.3 Å². The van der Waals surface area contributed by atoms with Crippen LogP contribution in [0.4, 0.5) is 5.69 Å². The highest BCUT2D eigenvalue weighted by Crippen LogP contribution is 2.16. The fourth-order valence-electron chi connectivity index (χ4n) is 1.53. The highest BCUT2D eigenvalue weighted by Gasteiger charge is 2.07. The van der Waals surface area contributed by atoms with E-state index in [1.54, 1.807) is 23.0 Å². The van der Waals surface area contributed by atoms with E-state index in [2.05, 4.69) is 10.4 Å². The van der Waals surface area contributed by atoms with Crippen LogP contribution in [0.2, 0.25) is 0 Å². The van der Waals surface area contributed by atoms with Gasteiger partial charge in [-0.3, -0.25) is 10.1 Å². The summed E-state index contributed by atoms with van der Waals surface area (Å²) in [4.78, 5) is 10.2. The van der Waals surface area contributed by atoms with E-state index in [-0.39, 0.29) is 5.69 Å². The van der Waals surface area contributed by atoms with Gasteiger partial charge in [0.05, 0.1) is 16.3 Å². The zero-order valence-corrected chi connectivity index (χ0v) is 9.33. The highest BCUT2D eigenvalue weighted by molar-refractivity contribution is 5.42. The third-order valence-electron chi connectivity index (χ3n) is 2.31. The van der Waals surface area contributed by atoms with Crippen molar-refractivity contribution in [2.45, 2.75) is 6.54 Å². The SMILES string of the molecule is CNCc1ccn(-c2cccc([N+](=O)[O-])c2)n1. The lowest BCUT2D eigenvalue weighted by molar-refractivity contribution is -0.384. The summed E-state index contributed by atoms with van der Waals surface area (Å²) in [6.45, 7) is 0.669. The molecule has 1 aromatic carbocycles. The molecule has 2 aromatic rings. The zero-order chi connectivity index (χ0) is 12.3. The molecule has 0 atom stereocenters. The number of nitrogens with one attached hydrogen (secondary N) is 1. The number of nitro groups is 1. The van der Waals surface area contributed by atoms with E-state index in [0.29, 0.717) is 12.2 Å². The van der Waals surface area contributed by atoms with Gasteiger partial charge in [0.1, 0.15) is 0 Å². The average Bonchev–Trinajstić information content (AvgIpc) is 2.78. The molecule has 0 fully saturated rings. The number of benzene rings is 1. The van der Waals surface area contributed by atoms with E-state index >= 15 is 0 Å². The summed E-state index contributed by atoms with van der Waals surface area (Å²) in [6, 6.07) is 8.25. The maximum absolute atomic E-state index is 10.7. The smallest absolute Gasteiger partial charge is 0.271 e. The fourth-order valence-corrected chi connectivity index (χ4v) is 1.53. The Balaban J connectivity index is 2.32. The Morgan fingerprint density at radius 3 is 3.00 bits per heavy atom. The van der Waals surface area contributed by atoms with Gasteiger partial charge in [-0.25, -0.2) is 4.68 Å². The van der Waals surface area contributed by atoms with Crippen molar-refractivity contribution in [2.24, 2.45) is 0 Å². The van der Waals surface area contributed by atoms with Crippen LogP contribution in [-0.2, 0) is 6.54 Å². The lowest BCUT2D eigenvalue weighted by Crippen LogP contribution is -2.06. The predicted molar refractivity (Wildman–Crippen MR) is 63.0 cm³/mol. The van der Waals surface area contributed by atoms with Crippen LogP contribution in [0.5, 0.6) is 0 Å². The van der Waals surface area contributed by atoms with Gasteiger partial charge >= 0.3 is 0 Å². The van der Waals surface area contributed by atoms with Gasteiger partial charge in [-0.15, -0.1) is 0 Å². The number of non-ortho nitro benzene ring substituents is 1. The molecule has 6 nitrogen and oxygen atoms in total. The van der Waals surface area contributed by atoms with Crippen LogP contribution in [0.1, 0.15) is 5.69 Å². The van der Waals surface area contributed by atoms with Gasteiger partial charge < -0.3 is 5.32 Å². The number of hydrogen-bond acceptors (Lipinski definition) is 4. The normalized spacial score (nSPS) is 10.4. The van der Waals surface area contributed by atoms with Gasteiger partial charge in [0.15, 0.2) is 0 Å². The first-order chi connectivity index (χ1) is 8.20. The second kappa shape index (κ2) is 4.75. The van der Waals surface area contributed by atoms with Crippen LogP contribution >= 0.6 is 0 Å². The van der Waals surface area contributed by atoms with Crippen LogP contribution in [0.3, 0.4) is 0 Å². The quantitative estimate of drug-likeness (QED) is 0.640. The Labute approximate surface area is 98.0 Å². The minimum atomic E-state index is -0.415. The topological polar surface area (TPSA) is 73.0 Å². The summed E-state index contributed by atoms with van der Waals surface area (Å²) in [7, 11) is 1.84. The molecule has 0 saturated carbocycles. The van der Waals surface area contributed by atoms with Crippen molar-refractivity contribution < 1.29 is 4.92 Å². The fraction of sp³-hybridized carbons (Fsp3) is 0.182. The summed E-state index contributed by atoms with van der Waals surface area (Å²) in [5.41, 5.74) is 1.63. The average molecular weight is 232 g/mol. The van der Waals surface area contributed by atoms with Crippen LogP contribution in [0.15, 0.2) is 36.5 Å². The number of nitrogens with zero attached hydrogens (tertiary/aromatic N) is 3. The van der Waals surface area contributed by atoms with Crippen molar-refractivity contribution in [2.75, 3.05) is 7.05 Å². The number of hydrogen-bond donors (Lipinski definition) is 1. The molecule has 88 valence electrons. The molecule has 0 aliphatic heterocycles. The number of rotatable bonds is 4. The third-order valence-corrected chi connectivity index (χ3v) is 2.31. The van der Waals surface area contributed by atoms with Crippen LogP contribution in [0, 0.1) is 10.1 Å². The molecule has 6 heteroatoms. The summed E-state index contributed by atoms with van der Waals surface area (Å²) < 4.78 is 1.62. The van der Waals surface area contributed by atoms with Gasteiger partial charge in [-0.2, -0.15) is 5.10 Å². The van der Waals surface area contributed by atoms with Gasteiger partial charge in [-0.1, -0.05) is 6.07 Å². The summed E-state index contributed by atoms with van der Waals surface area (Å²) in [6.07, 6.45) is 1.78. The molecule has 0 unspecified atom stereocenters. The van der Waals surface area contributed by atoms with Crippen molar-refractivity contribution in [3.63, 3.8) is 0 Å². The molecule has 0 aliphatic rings. The van der Waals surface area contributed by atoms with Crippen LogP contribution in [0.25, 0.3) is 5.69 Å². The number of aromatic nitrogens is 2. The lowest BCUT2D eigenvalue weighted by atomic mass is 10.3. The van der Waals surface area contributed by atoms with Gasteiger partial charge in [0.2, 0.25) is 0 Å². The molecule has 0 aliphatic carbocycles. The Hall–Kier alpha value is -2.21. The third kappa shape index (κ3) is 2.48. The molecular formula is C11H12N4O2. The van der Waals surface area contributed by atoms with Gasteiger partial charge in [-0.05, 0) is 19.2 Å². The molecule has 17 heavy (non-hydrogen) atoms. The molecule has 0 spiro atoms. The minimum Gasteiger partial charge on any atom is -0.314 e. The second-order valence-electron chi connectivity index (χ2n) is 3.56. The first kappa shape index (κ1) is 11.3. The Kier molecular flexibility index (Phi) is 3.15. The molecule has 1 heterocycles. The summed E-state index contributed by atoms with van der Waals surface area (Å²) in [5.74, 6) is 0. The Bertz CT molecular complexity index is 536. The maximum Gasteiger partial charge on any atom is 0.271 e. The highest BCUT2D eigenvalue weighted by atomic mass is 16.6. The Morgan fingerprint density at radius 1 is 1.47 bits per heavy atom. The van der Waals surface area contributed by atoms with E-state index in [4.69, 9.17) is 0 Å². The van der Waals surface area contributed by atoms with Gasteiger partial charge in [0, 0.05) is 24.9 Å². The van der Waals surface area contributed by atoms with Crippen molar-refractivity contribution >= 4 is 5.69 Å².